The Kier molecular flexibility index (Phi) is 4.66. The van der Waals surface area contributed by atoms with Gasteiger partial charge in [-0.25, -0.2) is 0 Å². The van der Waals surface area contributed by atoms with Crippen molar-refractivity contribution in [1.82, 2.24) is 10.2 Å². The summed E-state index contributed by atoms with van der Waals surface area (Å²) in [5.41, 5.74) is 0.406. The first-order valence-corrected chi connectivity index (χ1v) is 9.43. The summed E-state index contributed by atoms with van der Waals surface area (Å²) in [4.78, 5) is 2.82. The molecule has 0 amide bonds. The number of nitrogens with one attached hydrogen (secondary N) is 1. The van der Waals surface area contributed by atoms with Crippen LogP contribution in [0.25, 0.3) is 0 Å². The van der Waals surface area contributed by atoms with Gasteiger partial charge in [-0.1, -0.05) is 40.5 Å². The third-order valence-electron chi connectivity index (χ3n) is 6.44. The Hall–Kier alpha value is -0.0800. The Balaban J connectivity index is 1.58. The molecule has 0 spiro atoms. The molecule has 0 bridgehead atoms. The van der Waals surface area contributed by atoms with E-state index in [0.717, 1.165) is 17.8 Å². The quantitative estimate of drug-likeness (QED) is 0.818. The van der Waals surface area contributed by atoms with E-state index < -0.39 is 0 Å². The first-order chi connectivity index (χ1) is 9.93. The molecular formula is C19H36N2. The Labute approximate surface area is 132 Å². The van der Waals surface area contributed by atoms with Crippen molar-refractivity contribution in [2.75, 3.05) is 13.1 Å². The normalized spacial score (nSPS) is 42.0. The van der Waals surface area contributed by atoms with E-state index in [1.807, 2.05) is 0 Å². The molecule has 3 rings (SSSR count). The largest absolute Gasteiger partial charge is 0.298 e. The van der Waals surface area contributed by atoms with Crippen LogP contribution in [-0.4, -0.2) is 30.2 Å². The minimum atomic E-state index is 0.406. The second-order valence-corrected chi connectivity index (χ2v) is 9.29. The van der Waals surface area contributed by atoms with Crippen molar-refractivity contribution in [3.8, 4) is 0 Å². The van der Waals surface area contributed by atoms with Crippen LogP contribution in [0.3, 0.4) is 0 Å². The Morgan fingerprint density at radius 3 is 2.43 bits per heavy atom. The average Bonchev–Trinajstić information content (AvgIpc) is 2.86. The van der Waals surface area contributed by atoms with Crippen LogP contribution in [0.5, 0.6) is 0 Å². The number of rotatable bonds is 2. The van der Waals surface area contributed by atoms with Crippen molar-refractivity contribution in [3.05, 3.63) is 0 Å². The van der Waals surface area contributed by atoms with E-state index in [2.05, 4.69) is 37.9 Å². The molecule has 21 heavy (non-hydrogen) atoms. The van der Waals surface area contributed by atoms with Gasteiger partial charge < -0.3 is 0 Å². The maximum atomic E-state index is 4.01. The zero-order valence-corrected chi connectivity index (χ0v) is 14.7. The maximum absolute atomic E-state index is 4.01. The van der Waals surface area contributed by atoms with Crippen LogP contribution in [0, 0.1) is 23.2 Å². The number of likely N-dealkylation sites (tertiary alicyclic amines) is 1. The topological polar surface area (TPSA) is 15.3 Å². The summed E-state index contributed by atoms with van der Waals surface area (Å²) < 4.78 is 0. The lowest BCUT2D eigenvalue weighted by atomic mass is 9.81. The lowest BCUT2D eigenvalue weighted by Gasteiger charge is -2.41. The minimum absolute atomic E-state index is 0.406. The van der Waals surface area contributed by atoms with Crippen LogP contribution < -0.4 is 5.32 Å². The van der Waals surface area contributed by atoms with Gasteiger partial charge >= 0.3 is 0 Å². The molecule has 3 aliphatic rings. The second-order valence-electron chi connectivity index (χ2n) is 9.29. The molecule has 3 fully saturated rings. The highest BCUT2D eigenvalue weighted by atomic mass is 15.3. The molecule has 0 aromatic carbocycles. The monoisotopic (exact) mass is 292 g/mol. The molecule has 2 aliphatic heterocycles. The van der Waals surface area contributed by atoms with E-state index in [4.69, 9.17) is 0 Å². The summed E-state index contributed by atoms with van der Waals surface area (Å²) in [7, 11) is 0. The van der Waals surface area contributed by atoms with Crippen molar-refractivity contribution >= 4 is 0 Å². The summed E-state index contributed by atoms with van der Waals surface area (Å²) >= 11 is 0. The molecule has 2 saturated heterocycles. The van der Waals surface area contributed by atoms with Gasteiger partial charge in [0.25, 0.3) is 0 Å². The van der Waals surface area contributed by atoms with Crippen LogP contribution in [0.1, 0.15) is 72.6 Å². The van der Waals surface area contributed by atoms with Crippen molar-refractivity contribution in [2.24, 2.45) is 23.2 Å². The molecule has 0 aromatic heterocycles. The summed E-state index contributed by atoms with van der Waals surface area (Å²) in [5, 5.41) is 4.01. The highest BCUT2D eigenvalue weighted by molar-refractivity contribution is 4.98. The molecule has 0 aromatic rings. The van der Waals surface area contributed by atoms with E-state index >= 15 is 0 Å². The van der Waals surface area contributed by atoms with Gasteiger partial charge in [-0.05, 0) is 61.8 Å². The van der Waals surface area contributed by atoms with E-state index in [1.54, 1.807) is 0 Å². The molecule has 3 atom stereocenters. The Morgan fingerprint density at radius 1 is 1.05 bits per heavy atom. The van der Waals surface area contributed by atoms with Crippen LogP contribution >= 0.6 is 0 Å². The number of piperidine rings is 1. The van der Waals surface area contributed by atoms with Gasteiger partial charge in [0.15, 0.2) is 0 Å². The smallest absolute Gasteiger partial charge is 0.0629 e. The summed E-state index contributed by atoms with van der Waals surface area (Å²) in [6.45, 7) is 12.3. The first kappa shape index (κ1) is 15.8. The zero-order valence-electron chi connectivity index (χ0n) is 14.7. The molecule has 2 nitrogen and oxygen atoms in total. The van der Waals surface area contributed by atoms with Crippen LogP contribution in [0.2, 0.25) is 0 Å². The minimum Gasteiger partial charge on any atom is -0.298 e. The fourth-order valence-electron chi connectivity index (χ4n) is 4.87. The van der Waals surface area contributed by atoms with Crippen LogP contribution in [0.4, 0.5) is 0 Å². The molecule has 122 valence electrons. The third kappa shape index (κ3) is 3.64. The predicted octanol–water partition coefficient (Wildman–Crippen LogP) is 4.26. The number of fused-ring (bicyclic) bond motifs is 1. The van der Waals surface area contributed by atoms with Gasteiger partial charge in [0.2, 0.25) is 0 Å². The molecule has 1 saturated carbocycles. The van der Waals surface area contributed by atoms with E-state index in [0.29, 0.717) is 17.6 Å². The van der Waals surface area contributed by atoms with Crippen LogP contribution in [-0.2, 0) is 0 Å². The lowest BCUT2D eigenvalue weighted by Crippen LogP contribution is -2.53. The van der Waals surface area contributed by atoms with Gasteiger partial charge in [-0.3, -0.25) is 10.2 Å². The lowest BCUT2D eigenvalue weighted by molar-refractivity contribution is 0.0681. The first-order valence-electron chi connectivity index (χ1n) is 9.43. The molecule has 2 heterocycles. The van der Waals surface area contributed by atoms with Gasteiger partial charge in [0.1, 0.15) is 0 Å². The van der Waals surface area contributed by atoms with E-state index in [1.165, 1.54) is 58.0 Å². The average molecular weight is 293 g/mol. The van der Waals surface area contributed by atoms with Crippen molar-refractivity contribution in [1.29, 1.82) is 0 Å². The van der Waals surface area contributed by atoms with E-state index in [-0.39, 0.29) is 0 Å². The summed E-state index contributed by atoms with van der Waals surface area (Å²) in [6, 6.07) is 0.708. The SMILES string of the molecule is CC(C)(C)C1CC2CCCN(C[C@H]3CC[C@H](C)CC3)C2N1. The van der Waals surface area contributed by atoms with Crippen molar-refractivity contribution in [2.45, 2.75) is 84.8 Å². The predicted molar refractivity (Wildman–Crippen MR) is 90.2 cm³/mol. The fraction of sp³-hybridized carbons (Fsp3) is 1.00. The van der Waals surface area contributed by atoms with Gasteiger partial charge in [0, 0.05) is 12.6 Å². The molecule has 3 unspecified atom stereocenters. The molecule has 2 heteroatoms. The summed E-state index contributed by atoms with van der Waals surface area (Å²) in [6.07, 6.45) is 10.8. The molecule has 1 aliphatic carbocycles. The van der Waals surface area contributed by atoms with E-state index in [9.17, 15) is 0 Å². The van der Waals surface area contributed by atoms with Gasteiger partial charge in [0.05, 0.1) is 6.17 Å². The standard InChI is InChI=1S/C19H36N2/c1-14-7-9-15(10-8-14)13-21-11-5-6-16-12-17(19(2,3)4)20-18(16)21/h14-18,20H,5-13H2,1-4H3/t14-,15-,16?,17?,18?. The number of hydrogen-bond acceptors (Lipinski definition) is 2. The maximum Gasteiger partial charge on any atom is 0.0629 e. The van der Waals surface area contributed by atoms with Gasteiger partial charge in [-0.15, -0.1) is 0 Å². The van der Waals surface area contributed by atoms with Gasteiger partial charge in [-0.2, -0.15) is 0 Å². The van der Waals surface area contributed by atoms with Crippen molar-refractivity contribution in [3.63, 3.8) is 0 Å². The summed E-state index contributed by atoms with van der Waals surface area (Å²) in [5.74, 6) is 2.85. The molecular weight excluding hydrogens is 256 g/mol. The second kappa shape index (κ2) is 6.20. The third-order valence-corrected chi connectivity index (χ3v) is 6.44. The van der Waals surface area contributed by atoms with Crippen LogP contribution in [0.15, 0.2) is 0 Å². The highest BCUT2D eigenvalue weighted by Gasteiger charge is 2.43. The zero-order chi connectivity index (χ0) is 15.0. The fourth-order valence-corrected chi connectivity index (χ4v) is 4.87. The Bertz CT molecular complexity index is 338. The number of nitrogens with zero attached hydrogens (tertiary/aromatic N) is 1. The molecule has 1 N–H and O–H groups in total. The highest BCUT2D eigenvalue weighted by Crippen LogP contribution is 2.39. The molecule has 0 radical (unpaired) electrons. The number of hydrogen-bond donors (Lipinski definition) is 1. The van der Waals surface area contributed by atoms with Crippen molar-refractivity contribution < 1.29 is 0 Å². The Morgan fingerprint density at radius 2 is 1.76 bits per heavy atom.